The normalized spacial score (nSPS) is 21.6. The third kappa shape index (κ3) is 3.81. The van der Waals surface area contributed by atoms with Crippen molar-refractivity contribution in [1.82, 2.24) is 19.8 Å². The summed E-state index contributed by atoms with van der Waals surface area (Å²) in [5.74, 6) is 1.17. The van der Waals surface area contributed by atoms with Gasteiger partial charge in [-0.1, -0.05) is 13.8 Å². The van der Waals surface area contributed by atoms with Crippen molar-refractivity contribution in [3.8, 4) is 0 Å². The molecule has 2 rings (SSSR count). The lowest BCUT2D eigenvalue weighted by molar-refractivity contribution is 0.0778. The zero-order valence-electron chi connectivity index (χ0n) is 13.7. The third-order valence-electron chi connectivity index (χ3n) is 4.45. The molecule has 2 heterocycles. The van der Waals surface area contributed by atoms with Crippen LogP contribution in [0, 0.1) is 11.8 Å². The molecule has 0 aromatic carbocycles. The molecule has 0 radical (unpaired) electrons. The van der Waals surface area contributed by atoms with Crippen LogP contribution in [-0.4, -0.2) is 70.6 Å². The van der Waals surface area contributed by atoms with E-state index < -0.39 is 0 Å². The first-order valence-corrected chi connectivity index (χ1v) is 7.98. The van der Waals surface area contributed by atoms with Gasteiger partial charge >= 0.3 is 0 Å². The molecule has 1 aliphatic heterocycles. The molecule has 0 saturated carbocycles. The van der Waals surface area contributed by atoms with Crippen molar-refractivity contribution in [1.29, 1.82) is 0 Å². The molecule has 1 aromatic heterocycles. The van der Waals surface area contributed by atoms with Gasteiger partial charge in [-0.05, 0) is 19.5 Å². The van der Waals surface area contributed by atoms with E-state index in [0.29, 0.717) is 24.6 Å². The third-order valence-corrected chi connectivity index (χ3v) is 4.45. The van der Waals surface area contributed by atoms with Gasteiger partial charge in [0.25, 0.3) is 5.91 Å². The lowest BCUT2D eigenvalue weighted by Crippen LogP contribution is -2.32. The minimum Gasteiger partial charge on any atom is -0.396 e. The lowest BCUT2D eigenvalue weighted by atomic mass is 9.96. The van der Waals surface area contributed by atoms with Crippen molar-refractivity contribution in [2.24, 2.45) is 11.8 Å². The standard InChI is InChI=1S/C16H26N4O2/c1-4-15-17-6-12(7-18-15)16(22)20-9-13(8-19(3)5-2)14(10-20)11-21/h6-7,13-14,21H,4-5,8-11H2,1-3H3/t13-,14-/m1/s1. The van der Waals surface area contributed by atoms with Crippen LogP contribution in [-0.2, 0) is 6.42 Å². The molecule has 2 atom stereocenters. The molecule has 6 nitrogen and oxygen atoms in total. The van der Waals surface area contributed by atoms with Crippen LogP contribution in [0.15, 0.2) is 12.4 Å². The predicted molar refractivity (Wildman–Crippen MR) is 84.6 cm³/mol. The molecule has 1 N–H and O–H groups in total. The number of rotatable bonds is 6. The second-order valence-corrected chi connectivity index (χ2v) is 6.01. The summed E-state index contributed by atoms with van der Waals surface area (Å²) in [6.45, 7) is 7.37. The van der Waals surface area contributed by atoms with Gasteiger partial charge in [0, 0.05) is 51.0 Å². The summed E-state index contributed by atoms with van der Waals surface area (Å²) in [4.78, 5) is 25.0. The maximum absolute atomic E-state index is 12.6. The van der Waals surface area contributed by atoms with E-state index in [1.807, 2.05) is 11.8 Å². The van der Waals surface area contributed by atoms with Gasteiger partial charge in [0.05, 0.1) is 5.56 Å². The summed E-state index contributed by atoms with van der Waals surface area (Å²) in [6.07, 6.45) is 3.97. The molecule has 1 saturated heterocycles. The Morgan fingerprint density at radius 1 is 1.32 bits per heavy atom. The van der Waals surface area contributed by atoms with Crippen LogP contribution in [0.25, 0.3) is 0 Å². The van der Waals surface area contributed by atoms with Crippen LogP contribution in [0.1, 0.15) is 30.0 Å². The molecular weight excluding hydrogens is 280 g/mol. The summed E-state index contributed by atoms with van der Waals surface area (Å²) in [6, 6.07) is 0. The van der Waals surface area contributed by atoms with Gasteiger partial charge in [0.1, 0.15) is 5.82 Å². The molecule has 0 unspecified atom stereocenters. The number of nitrogens with zero attached hydrogens (tertiary/aromatic N) is 4. The molecule has 1 amide bonds. The summed E-state index contributed by atoms with van der Waals surface area (Å²) in [5, 5.41) is 9.58. The number of aliphatic hydroxyl groups excluding tert-OH is 1. The second-order valence-electron chi connectivity index (χ2n) is 6.01. The largest absolute Gasteiger partial charge is 0.396 e. The Morgan fingerprint density at radius 3 is 2.50 bits per heavy atom. The van der Waals surface area contributed by atoms with Crippen LogP contribution in [0.2, 0.25) is 0 Å². The van der Waals surface area contributed by atoms with Gasteiger partial charge in [-0.2, -0.15) is 0 Å². The SMILES string of the molecule is CCc1ncc(C(=O)N2C[C@@H](CN(C)CC)[C@@H](CO)C2)cn1. The number of hydrogen-bond acceptors (Lipinski definition) is 5. The van der Waals surface area contributed by atoms with E-state index in [2.05, 4.69) is 28.8 Å². The van der Waals surface area contributed by atoms with Crippen LogP contribution in [0.3, 0.4) is 0 Å². The topological polar surface area (TPSA) is 69.6 Å². The Kier molecular flexibility index (Phi) is 5.85. The fraction of sp³-hybridized carbons (Fsp3) is 0.688. The van der Waals surface area contributed by atoms with Gasteiger partial charge in [-0.3, -0.25) is 4.79 Å². The van der Waals surface area contributed by atoms with E-state index in [-0.39, 0.29) is 18.4 Å². The number of hydrogen-bond donors (Lipinski definition) is 1. The maximum atomic E-state index is 12.6. The fourth-order valence-electron chi connectivity index (χ4n) is 2.88. The van der Waals surface area contributed by atoms with Crippen LogP contribution in [0.4, 0.5) is 0 Å². The average molecular weight is 306 g/mol. The van der Waals surface area contributed by atoms with Gasteiger partial charge in [-0.15, -0.1) is 0 Å². The molecule has 6 heteroatoms. The van der Waals surface area contributed by atoms with E-state index in [1.54, 1.807) is 12.4 Å². The highest BCUT2D eigenvalue weighted by molar-refractivity contribution is 5.93. The number of aryl methyl sites for hydroxylation is 1. The average Bonchev–Trinajstić information content (AvgIpc) is 2.96. The monoisotopic (exact) mass is 306 g/mol. The molecule has 1 aromatic rings. The highest BCUT2D eigenvalue weighted by Gasteiger charge is 2.35. The molecule has 22 heavy (non-hydrogen) atoms. The van der Waals surface area contributed by atoms with E-state index >= 15 is 0 Å². The van der Waals surface area contributed by atoms with Crippen LogP contribution in [0.5, 0.6) is 0 Å². The molecule has 0 bridgehead atoms. The Balaban J connectivity index is 2.04. The van der Waals surface area contributed by atoms with Crippen molar-refractivity contribution in [3.05, 3.63) is 23.8 Å². The Labute approximate surface area is 132 Å². The zero-order valence-corrected chi connectivity index (χ0v) is 13.7. The van der Waals surface area contributed by atoms with E-state index in [4.69, 9.17) is 0 Å². The summed E-state index contributed by atoms with van der Waals surface area (Å²) in [5.41, 5.74) is 0.526. The smallest absolute Gasteiger partial charge is 0.257 e. The van der Waals surface area contributed by atoms with Crippen molar-refractivity contribution in [2.75, 3.05) is 39.8 Å². The van der Waals surface area contributed by atoms with Gasteiger partial charge in [0.2, 0.25) is 0 Å². The first-order valence-electron chi connectivity index (χ1n) is 7.98. The maximum Gasteiger partial charge on any atom is 0.257 e. The highest BCUT2D eigenvalue weighted by Crippen LogP contribution is 2.25. The number of aliphatic hydroxyl groups is 1. The molecule has 0 spiro atoms. The lowest BCUT2D eigenvalue weighted by Gasteiger charge is -2.22. The number of amides is 1. The van der Waals surface area contributed by atoms with Gasteiger partial charge < -0.3 is 14.9 Å². The van der Waals surface area contributed by atoms with Crippen LogP contribution < -0.4 is 0 Å². The van der Waals surface area contributed by atoms with E-state index in [1.165, 1.54) is 0 Å². The summed E-state index contributed by atoms with van der Waals surface area (Å²) in [7, 11) is 2.07. The Bertz CT molecular complexity index is 491. The van der Waals surface area contributed by atoms with E-state index in [9.17, 15) is 9.90 Å². The molecular formula is C16H26N4O2. The second kappa shape index (κ2) is 7.65. The number of likely N-dealkylation sites (tertiary alicyclic amines) is 1. The van der Waals surface area contributed by atoms with Crippen molar-refractivity contribution < 1.29 is 9.90 Å². The number of carbonyl (C=O) groups excluding carboxylic acids is 1. The molecule has 0 aliphatic carbocycles. The van der Waals surface area contributed by atoms with Crippen molar-refractivity contribution in [2.45, 2.75) is 20.3 Å². The quantitative estimate of drug-likeness (QED) is 0.836. The zero-order chi connectivity index (χ0) is 16.1. The minimum atomic E-state index is -0.0391. The van der Waals surface area contributed by atoms with Gasteiger partial charge in [-0.25, -0.2) is 9.97 Å². The summed E-state index contributed by atoms with van der Waals surface area (Å²) < 4.78 is 0. The first-order chi connectivity index (χ1) is 10.6. The Hall–Kier alpha value is -1.53. The van der Waals surface area contributed by atoms with Gasteiger partial charge in [0.15, 0.2) is 0 Å². The molecule has 122 valence electrons. The van der Waals surface area contributed by atoms with Crippen molar-refractivity contribution in [3.63, 3.8) is 0 Å². The van der Waals surface area contributed by atoms with Crippen molar-refractivity contribution >= 4 is 5.91 Å². The first kappa shape index (κ1) is 16.8. The molecule has 1 fully saturated rings. The number of aromatic nitrogens is 2. The van der Waals surface area contributed by atoms with Crippen LogP contribution >= 0.6 is 0 Å². The predicted octanol–water partition coefficient (Wildman–Crippen LogP) is 0.671. The number of carbonyl (C=O) groups is 1. The van der Waals surface area contributed by atoms with E-state index in [0.717, 1.165) is 25.3 Å². The summed E-state index contributed by atoms with van der Waals surface area (Å²) >= 11 is 0. The molecule has 1 aliphatic rings. The Morgan fingerprint density at radius 2 is 1.95 bits per heavy atom. The highest BCUT2D eigenvalue weighted by atomic mass is 16.3. The minimum absolute atomic E-state index is 0.0391. The fourth-order valence-corrected chi connectivity index (χ4v) is 2.88.